The highest BCUT2D eigenvalue weighted by molar-refractivity contribution is 7.18. The third kappa shape index (κ3) is 2.48. The molecule has 0 bridgehead atoms. The predicted octanol–water partition coefficient (Wildman–Crippen LogP) is -0.905. The molecular weight excluding hydrogens is 369 g/mol. The van der Waals surface area contributed by atoms with Crippen molar-refractivity contribution in [2.24, 2.45) is 7.05 Å². The second kappa shape index (κ2) is 5.65. The van der Waals surface area contributed by atoms with Gasteiger partial charge in [0.05, 0.1) is 20.2 Å². The van der Waals surface area contributed by atoms with Crippen molar-refractivity contribution in [3.63, 3.8) is 0 Å². The first-order chi connectivity index (χ1) is 8.04. The van der Waals surface area contributed by atoms with Gasteiger partial charge in [-0.2, -0.15) is 0 Å². The van der Waals surface area contributed by atoms with Gasteiger partial charge < -0.3 is 28.4 Å². The van der Waals surface area contributed by atoms with E-state index in [4.69, 9.17) is 4.42 Å². The molecule has 0 spiro atoms. The molecule has 0 aliphatic carbocycles. The zero-order chi connectivity index (χ0) is 12.6. The van der Waals surface area contributed by atoms with Gasteiger partial charge in [0.15, 0.2) is 5.76 Å². The van der Waals surface area contributed by atoms with Gasteiger partial charge in [0.2, 0.25) is 0 Å². The van der Waals surface area contributed by atoms with Crippen LogP contribution in [0.1, 0.15) is 5.69 Å². The van der Waals surface area contributed by atoms with Crippen LogP contribution in [0, 0.1) is 17.0 Å². The second-order valence-electron chi connectivity index (χ2n) is 3.53. The molecule has 2 aromatic rings. The largest absolute Gasteiger partial charge is 1.00 e. The van der Waals surface area contributed by atoms with Crippen LogP contribution < -0.4 is 33.9 Å². The Balaban J connectivity index is 0.00000162. The monoisotopic (exact) mass is 381 g/mol. The summed E-state index contributed by atoms with van der Waals surface area (Å²) in [6, 6.07) is 2.99. The minimum absolute atomic E-state index is 0. The van der Waals surface area contributed by atoms with E-state index in [1.807, 2.05) is 25.6 Å². The minimum Gasteiger partial charge on any atom is -1.00 e. The first kappa shape index (κ1) is 14.9. The van der Waals surface area contributed by atoms with Gasteiger partial charge in [0, 0.05) is 0 Å². The van der Waals surface area contributed by atoms with Gasteiger partial charge in [-0.05, 0) is 24.3 Å². The van der Waals surface area contributed by atoms with Crippen molar-refractivity contribution in [2.45, 2.75) is 6.92 Å². The summed E-state index contributed by atoms with van der Waals surface area (Å²) in [5.74, 6) is 0.290. The zero-order valence-electron chi connectivity index (χ0n) is 10.1. The van der Waals surface area contributed by atoms with Crippen LogP contribution in [0.5, 0.6) is 0 Å². The summed E-state index contributed by atoms with van der Waals surface area (Å²) in [5.41, 5.74) is 1.00. The number of hydrogen-bond donors (Lipinski definition) is 1. The van der Waals surface area contributed by atoms with Gasteiger partial charge in [-0.1, -0.05) is 0 Å². The SMILES string of the molecule is CNc1sc(-c2ccc([N+](=O)[O-])o2)c(C)[n+]1C.[I-]. The van der Waals surface area contributed by atoms with Crippen LogP contribution in [-0.2, 0) is 7.05 Å². The van der Waals surface area contributed by atoms with Crippen molar-refractivity contribution in [1.82, 2.24) is 0 Å². The van der Waals surface area contributed by atoms with E-state index in [1.54, 1.807) is 6.07 Å². The maximum atomic E-state index is 10.6. The lowest BCUT2D eigenvalue weighted by molar-refractivity contribution is -0.658. The number of hydrogen-bond acceptors (Lipinski definition) is 5. The minimum atomic E-state index is -0.536. The second-order valence-corrected chi connectivity index (χ2v) is 4.52. The van der Waals surface area contributed by atoms with Gasteiger partial charge in [-0.3, -0.25) is 15.4 Å². The third-order valence-electron chi connectivity index (χ3n) is 2.54. The molecule has 1 N–H and O–H groups in total. The van der Waals surface area contributed by atoms with E-state index in [-0.39, 0.29) is 29.9 Å². The zero-order valence-corrected chi connectivity index (χ0v) is 13.0. The Labute approximate surface area is 125 Å². The van der Waals surface area contributed by atoms with Crippen LogP contribution in [0.2, 0.25) is 0 Å². The highest BCUT2D eigenvalue weighted by Crippen LogP contribution is 2.33. The Morgan fingerprint density at radius 2 is 2.17 bits per heavy atom. The lowest BCUT2D eigenvalue weighted by Crippen LogP contribution is -3.00. The Kier molecular flexibility index (Phi) is 4.68. The summed E-state index contributed by atoms with van der Waals surface area (Å²) < 4.78 is 7.18. The first-order valence-electron chi connectivity index (χ1n) is 4.96. The number of nitro groups is 1. The van der Waals surface area contributed by atoms with Gasteiger partial charge >= 0.3 is 11.0 Å². The molecule has 0 aliphatic rings. The maximum absolute atomic E-state index is 10.6. The van der Waals surface area contributed by atoms with Gasteiger partial charge in [0.1, 0.15) is 15.5 Å². The molecule has 0 amide bonds. The van der Waals surface area contributed by atoms with Gasteiger partial charge in [-0.15, -0.1) is 0 Å². The van der Waals surface area contributed by atoms with Crippen molar-refractivity contribution in [2.75, 3.05) is 12.4 Å². The predicted molar refractivity (Wildman–Crippen MR) is 64.1 cm³/mol. The molecule has 0 aliphatic heterocycles. The Morgan fingerprint density at radius 3 is 2.61 bits per heavy atom. The molecule has 0 saturated carbocycles. The lowest BCUT2D eigenvalue weighted by Gasteiger charge is -1.92. The molecule has 0 atom stereocenters. The Bertz CT molecular complexity index is 579. The number of halogens is 1. The summed E-state index contributed by atoms with van der Waals surface area (Å²) in [5, 5.41) is 14.6. The fourth-order valence-corrected chi connectivity index (χ4v) is 2.60. The molecule has 18 heavy (non-hydrogen) atoms. The molecular formula is C10H12IN3O3S. The highest BCUT2D eigenvalue weighted by atomic mass is 127. The number of nitrogens with zero attached hydrogens (tertiary/aromatic N) is 2. The van der Waals surface area contributed by atoms with Crippen LogP contribution in [0.4, 0.5) is 11.0 Å². The molecule has 0 radical (unpaired) electrons. The summed E-state index contributed by atoms with van der Waals surface area (Å²) >= 11 is 1.50. The Morgan fingerprint density at radius 1 is 1.50 bits per heavy atom. The van der Waals surface area contributed by atoms with Crippen LogP contribution in [0.15, 0.2) is 16.5 Å². The van der Waals surface area contributed by atoms with Crippen molar-refractivity contribution < 1.29 is 37.9 Å². The average Bonchev–Trinajstić information content (AvgIpc) is 2.87. The van der Waals surface area contributed by atoms with E-state index < -0.39 is 4.92 Å². The number of rotatable bonds is 3. The molecule has 6 nitrogen and oxygen atoms in total. The summed E-state index contributed by atoms with van der Waals surface area (Å²) in [7, 11) is 3.76. The van der Waals surface area contributed by atoms with Crippen molar-refractivity contribution in [3.05, 3.63) is 27.9 Å². The molecule has 2 heterocycles. The molecule has 0 fully saturated rings. The molecule has 2 rings (SSSR count). The average molecular weight is 381 g/mol. The molecule has 0 saturated heterocycles. The Hall–Kier alpha value is -1.16. The molecule has 98 valence electrons. The van der Waals surface area contributed by atoms with Crippen LogP contribution >= 0.6 is 11.3 Å². The number of aromatic nitrogens is 1. The smallest absolute Gasteiger partial charge is 0.433 e. The fourth-order valence-electron chi connectivity index (χ4n) is 1.54. The van der Waals surface area contributed by atoms with Crippen molar-refractivity contribution in [3.8, 4) is 10.6 Å². The third-order valence-corrected chi connectivity index (χ3v) is 3.92. The van der Waals surface area contributed by atoms with E-state index in [0.29, 0.717) is 5.76 Å². The fraction of sp³-hybridized carbons (Fsp3) is 0.300. The van der Waals surface area contributed by atoms with Crippen molar-refractivity contribution in [1.29, 1.82) is 0 Å². The van der Waals surface area contributed by atoms with Crippen LogP contribution in [0.3, 0.4) is 0 Å². The van der Waals surface area contributed by atoms with Crippen molar-refractivity contribution >= 4 is 22.4 Å². The summed E-state index contributed by atoms with van der Waals surface area (Å²) in [6.07, 6.45) is 0. The quantitative estimate of drug-likeness (QED) is 0.324. The standard InChI is InChI=1S/C10H11N3O3S.HI/c1-6-9(17-10(11-2)12(6)3)7-4-5-8(16-7)13(14)15;/h4-5H,1-3H3;1H. The molecule has 0 aromatic carbocycles. The maximum Gasteiger partial charge on any atom is 0.433 e. The van der Waals surface area contributed by atoms with E-state index in [2.05, 4.69) is 5.32 Å². The normalized spacial score (nSPS) is 9.94. The molecule has 8 heteroatoms. The van der Waals surface area contributed by atoms with E-state index in [9.17, 15) is 10.1 Å². The summed E-state index contributed by atoms with van der Waals surface area (Å²) in [6.45, 7) is 1.95. The van der Waals surface area contributed by atoms with Crippen LogP contribution in [-0.4, -0.2) is 12.0 Å². The van der Waals surface area contributed by atoms with E-state index in [1.165, 1.54) is 17.4 Å². The summed E-state index contributed by atoms with van der Waals surface area (Å²) in [4.78, 5) is 10.9. The molecule has 0 unspecified atom stereocenters. The molecule has 2 aromatic heterocycles. The van der Waals surface area contributed by atoms with Gasteiger partial charge in [-0.25, -0.2) is 4.57 Å². The first-order valence-corrected chi connectivity index (χ1v) is 5.78. The van der Waals surface area contributed by atoms with Gasteiger partial charge in [0.25, 0.3) is 0 Å². The number of anilines is 1. The van der Waals surface area contributed by atoms with E-state index in [0.717, 1.165) is 15.7 Å². The highest BCUT2D eigenvalue weighted by Gasteiger charge is 2.22. The number of nitrogens with one attached hydrogen (secondary N) is 1. The number of furan rings is 1. The lowest BCUT2D eigenvalue weighted by atomic mass is 10.3. The number of thiazole rings is 1. The topological polar surface area (TPSA) is 72.2 Å². The van der Waals surface area contributed by atoms with E-state index >= 15 is 0 Å². The van der Waals surface area contributed by atoms with Crippen LogP contribution in [0.25, 0.3) is 10.6 Å².